The molecule has 7 heteroatoms. The van der Waals surface area contributed by atoms with Crippen LogP contribution in [0.4, 0.5) is 0 Å². The Morgan fingerprint density at radius 1 is 1.35 bits per heavy atom. The number of nitrogens with zero attached hydrogens (tertiary/aromatic N) is 1. The third-order valence-corrected chi connectivity index (χ3v) is 6.89. The van der Waals surface area contributed by atoms with E-state index in [2.05, 4.69) is 15.9 Å². The van der Waals surface area contributed by atoms with Crippen molar-refractivity contribution in [3.05, 3.63) is 15.9 Å². The van der Waals surface area contributed by atoms with E-state index in [1.165, 1.54) is 11.3 Å². The topological polar surface area (TPSA) is 46.6 Å². The van der Waals surface area contributed by atoms with E-state index in [1.54, 1.807) is 16.4 Å². The lowest BCUT2D eigenvalue weighted by Crippen LogP contribution is -2.52. The number of morpholine rings is 1. The maximum absolute atomic E-state index is 12.5. The van der Waals surface area contributed by atoms with Crippen molar-refractivity contribution in [3.63, 3.8) is 0 Å². The first-order chi connectivity index (χ1) is 7.93. The molecule has 0 spiro atoms. The second-order valence-corrected chi connectivity index (χ2v) is 8.66. The Morgan fingerprint density at radius 2 is 1.94 bits per heavy atom. The van der Waals surface area contributed by atoms with Crippen LogP contribution < -0.4 is 0 Å². The molecule has 1 aliphatic rings. The molecule has 0 radical (unpaired) electrons. The van der Waals surface area contributed by atoms with E-state index >= 15 is 0 Å². The summed E-state index contributed by atoms with van der Waals surface area (Å²) >= 11 is 4.53. The van der Waals surface area contributed by atoms with Gasteiger partial charge in [0, 0.05) is 12.1 Å². The van der Waals surface area contributed by atoms with Gasteiger partial charge in [0.1, 0.15) is 4.21 Å². The highest BCUT2D eigenvalue weighted by molar-refractivity contribution is 9.11. The quantitative estimate of drug-likeness (QED) is 0.830. The van der Waals surface area contributed by atoms with Gasteiger partial charge in [-0.1, -0.05) is 0 Å². The van der Waals surface area contributed by atoms with Crippen LogP contribution in [0.5, 0.6) is 0 Å². The van der Waals surface area contributed by atoms with Gasteiger partial charge >= 0.3 is 0 Å². The fourth-order valence-corrected chi connectivity index (χ4v) is 5.91. The van der Waals surface area contributed by atoms with Gasteiger partial charge in [-0.2, -0.15) is 4.31 Å². The smallest absolute Gasteiger partial charge is 0.253 e. The first-order valence-corrected chi connectivity index (χ1v) is 8.34. The number of ether oxygens (including phenoxy) is 1. The van der Waals surface area contributed by atoms with Gasteiger partial charge in [-0.25, -0.2) is 8.42 Å². The largest absolute Gasteiger partial charge is 0.378 e. The molecule has 96 valence electrons. The number of rotatable bonds is 2. The highest BCUT2D eigenvalue weighted by Crippen LogP contribution is 2.31. The monoisotopic (exact) mass is 339 g/mol. The Hall–Kier alpha value is 0.0500. The Morgan fingerprint density at radius 3 is 2.41 bits per heavy atom. The van der Waals surface area contributed by atoms with Crippen molar-refractivity contribution in [1.29, 1.82) is 0 Å². The normalized spacial score (nSPS) is 27.2. The standard InChI is InChI=1S/C10H14BrNO3S2/c1-7-5-15-6-8(2)12(7)17(13,14)10-4-3-9(11)16-10/h3-4,7-8H,5-6H2,1-2H3. The summed E-state index contributed by atoms with van der Waals surface area (Å²) in [7, 11) is -3.40. The molecule has 0 aromatic carbocycles. The maximum atomic E-state index is 12.5. The molecule has 0 aliphatic carbocycles. The summed E-state index contributed by atoms with van der Waals surface area (Å²) in [5.41, 5.74) is 0. The molecule has 2 unspecified atom stereocenters. The van der Waals surface area contributed by atoms with Crippen molar-refractivity contribution >= 4 is 37.3 Å². The summed E-state index contributed by atoms with van der Waals surface area (Å²) in [6.45, 7) is 4.65. The first kappa shape index (κ1) is 13.5. The van der Waals surface area contributed by atoms with E-state index in [9.17, 15) is 8.42 Å². The predicted octanol–water partition coefficient (Wildman–Crippen LogP) is 2.31. The Balaban J connectivity index is 2.37. The second kappa shape index (κ2) is 4.97. The molecule has 1 aliphatic heterocycles. The zero-order chi connectivity index (χ0) is 12.6. The van der Waals surface area contributed by atoms with Gasteiger partial charge in [0.05, 0.1) is 17.0 Å². The van der Waals surface area contributed by atoms with E-state index in [0.29, 0.717) is 17.4 Å². The zero-order valence-electron chi connectivity index (χ0n) is 9.59. The van der Waals surface area contributed by atoms with Crippen molar-refractivity contribution in [2.75, 3.05) is 13.2 Å². The first-order valence-electron chi connectivity index (χ1n) is 5.29. The number of halogens is 1. The minimum Gasteiger partial charge on any atom is -0.378 e. The molecule has 2 atom stereocenters. The van der Waals surface area contributed by atoms with Gasteiger partial charge in [-0.05, 0) is 41.9 Å². The number of sulfonamides is 1. The van der Waals surface area contributed by atoms with Gasteiger partial charge in [-0.15, -0.1) is 11.3 Å². The van der Waals surface area contributed by atoms with Crippen LogP contribution in [-0.2, 0) is 14.8 Å². The molecule has 0 bridgehead atoms. The van der Waals surface area contributed by atoms with Crippen molar-refractivity contribution in [2.45, 2.75) is 30.1 Å². The Labute approximate surface area is 114 Å². The minimum absolute atomic E-state index is 0.121. The molecule has 1 aromatic rings. The molecular weight excluding hydrogens is 326 g/mol. The summed E-state index contributed by atoms with van der Waals surface area (Å²) < 4.78 is 33.1. The predicted molar refractivity (Wildman–Crippen MR) is 70.8 cm³/mol. The minimum atomic E-state index is -3.40. The van der Waals surface area contributed by atoms with Crippen LogP contribution in [0, 0.1) is 0 Å². The van der Waals surface area contributed by atoms with E-state index in [0.717, 1.165) is 3.79 Å². The molecule has 0 N–H and O–H groups in total. The molecule has 1 saturated heterocycles. The fraction of sp³-hybridized carbons (Fsp3) is 0.600. The molecule has 0 saturated carbocycles. The van der Waals surface area contributed by atoms with E-state index in [1.807, 2.05) is 13.8 Å². The molecular formula is C10H14BrNO3S2. The number of thiophene rings is 1. The highest BCUT2D eigenvalue weighted by Gasteiger charge is 2.36. The van der Waals surface area contributed by atoms with Crippen molar-refractivity contribution in [1.82, 2.24) is 4.31 Å². The van der Waals surface area contributed by atoms with E-state index < -0.39 is 10.0 Å². The van der Waals surface area contributed by atoms with Crippen LogP contribution in [-0.4, -0.2) is 38.0 Å². The third-order valence-electron chi connectivity index (χ3n) is 2.67. The molecule has 2 heterocycles. The Kier molecular flexibility index (Phi) is 3.94. The lowest BCUT2D eigenvalue weighted by atomic mass is 10.2. The summed E-state index contributed by atoms with van der Waals surface area (Å²) in [4.78, 5) is 0. The lowest BCUT2D eigenvalue weighted by Gasteiger charge is -2.37. The summed E-state index contributed by atoms with van der Waals surface area (Å²) in [6.07, 6.45) is 0. The van der Waals surface area contributed by atoms with Crippen molar-refractivity contribution < 1.29 is 13.2 Å². The molecule has 4 nitrogen and oxygen atoms in total. The van der Waals surface area contributed by atoms with Crippen LogP contribution in [0.2, 0.25) is 0 Å². The Bertz CT molecular complexity index is 489. The number of hydrogen-bond donors (Lipinski definition) is 0. The van der Waals surface area contributed by atoms with Crippen LogP contribution in [0.25, 0.3) is 0 Å². The third kappa shape index (κ3) is 2.58. The molecule has 1 aromatic heterocycles. The van der Waals surface area contributed by atoms with Crippen LogP contribution in [0.1, 0.15) is 13.8 Å². The van der Waals surface area contributed by atoms with Gasteiger partial charge in [0.2, 0.25) is 0 Å². The van der Waals surface area contributed by atoms with Crippen LogP contribution in [0.15, 0.2) is 20.1 Å². The van der Waals surface area contributed by atoms with Gasteiger partial charge in [-0.3, -0.25) is 0 Å². The van der Waals surface area contributed by atoms with E-state index in [4.69, 9.17) is 4.74 Å². The summed E-state index contributed by atoms with van der Waals surface area (Å²) in [6, 6.07) is 3.15. The molecule has 2 rings (SSSR count). The van der Waals surface area contributed by atoms with Crippen molar-refractivity contribution in [3.8, 4) is 0 Å². The van der Waals surface area contributed by atoms with Crippen LogP contribution >= 0.6 is 27.3 Å². The van der Waals surface area contributed by atoms with Crippen molar-refractivity contribution in [2.24, 2.45) is 0 Å². The fourth-order valence-electron chi connectivity index (χ4n) is 2.00. The number of hydrogen-bond acceptors (Lipinski definition) is 4. The van der Waals surface area contributed by atoms with E-state index in [-0.39, 0.29) is 12.1 Å². The second-order valence-electron chi connectivity index (χ2n) is 4.13. The zero-order valence-corrected chi connectivity index (χ0v) is 12.8. The van der Waals surface area contributed by atoms with Gasteiger partial charge in [0.15, 0.2) is 0 Å². The average Bonchev–Trinajstić information content (AvgIpc) is 2.64. The maximum Gasteiger partial charge on any atom is 0.253 e. The summed E-state index contributed by atoms with van der Waals surface area (Å²) in [5.74, 6) is 0. The molecule has 0 amide bonds. The SMILES string of the molecule is CC1COCC(C)N1S(=O)(=O)c1ccc(Br)s1. The van der Waals surface area contributed by atoms with Crippen LogP contribution in [0.3, 0.4) is 0 Å². The van der Waals surface area contributed by atoms with Gasteiger partial charge in [0.25, 0.3) is 10.0 Å². The highest BCUT2D eigenvalue weighted by atomic mass is 79.9. The van der Waals surface area contributed by atoms with Gasteiger partial charge < -0.3 is 4.74 Å². The average molecular weight is 340 g/mol. The molecule has 17 heavy (non-hydrogen) atoms. The lowest BCUT2D eigenvalue weighted by molar-refractivity contribution is 0.00645. The molecule has 1 fully saturated rings. The summed E-state index contributed by atoms with van der Waals surface area (Å²) in [5, 5.41) is 0.